The lowest BCUT2D eigenvalue weighted by Crippen LogP contribution is -2.05. The molecule has 2 nitrogen and oxygen atoms in total. The summed E-state index contributed by atoms with van der Waals surface area (Å²) in [5.41, 5.74) is 2.90. The maximum Gasteiger partial charge on any atom is 0.338 e. The summed E-state index contributed by atoms with van der Waals surface area (Å²) in [5, 5.41) is 1.53. The van der Waals surface area contributed by atoms with Gasteiger partial charge in [-0.3, -0.25) is 0 Å². The predicted octanol–water partition coefficient (Wildman–Crippen LogP) is 3.65. The molecule has 0 saturated carbocycles. The Morgan fingerprint density at radius 1 is 1.27 bits per heavy atom. The Morgan fingerprint density at radius 3 is 2.47 bits per heavy atom. The normalized spacial score (nSPS) is 10.1. The fraction of sp³-hybridized carbons (Fsp3) is 0.364. The monoisotopic (exact) mass is 334 g/mol. The molecule has 0 atom stereocenters. The van der Waals surface area contributed by atoms with Crippen molar-refractivity contribution < 1.29 is 9.53 Å². The zero-order chi connectivity index (χ0) is 11.3. The molecule has 0 amide bonds. The third-order valence-corrected chi connectivity index (χ3v) is 3.21. The summed E-state index contributed by atoms with van der Waals surface area (Å²) in [4.78, 5) is 11.5. The van der Waals surface area contributed by atoms with E-state index in [0.717, 1.165) is 16.2 Å². The molecule has 0 bridgehead atoms. The first-order valence-electron chi connectivity index (χ1n) is 4.63. The Labute approximate surface area is 106 Å². The molecule has 1 aromatic rings. The molecule has 1 rings (SSSR count). The molecule has 0 aliphatic carbocycles. The van der Waals surface area contributed by atoms with Crippen molar-refractivity contribution in [1.82, 2.24) is 0 Å². The predicted molar refractivity (Wildman–Crippen MR) is 67.7 cm³/mol. The second kappa shape index (κ2) is 6.28. The molecular formula is C11H12Br2O2. The minimum absolute atomic E-state index is 0.263. The van der Waals surface area contributed by atoms with E-state index in [1.165, 1.54) is 5.56 Å². The molecule has 1 aromatic carbocycles. The van der Waals surface area contributed by atoms with Crippen LogP contribution < -0.4 is 0 Å². The van der Waals surface area contributed by atoms with E-state index < -0.39 is 0 Å². The van der Waals surface area contributed by atoms with Crippen molar-refractivity contribution in [3.63, 3.8) is 0 Å². The van der Waals surface area contributed by atoms with Crippen LogP contribution in [-0.4, -0.2) is 12.6 Å². The molecule has 0 aromatic heterocycles. The van der Waals surface area contributed by atoms with Crippen LogP contribution in [0.2, 0.25) is 0 Å². The molecule has 4 heteroatoms. The second-order valence-corrected chi connectivity index (χ2v) is 4.09. The summed E-state index contributed by atoms with van der Waals surface area (Å²) >= 11 is 6.80. The molecule has 0 saturated heterocycles. The third kappa shape index (κ3) is 3.31. The van der Waals surface area contributed by atoms with Gasteiger partial charge in [-0.1, -0.05) is 37.9 Å². The largest absolute Gasteiger partial charge is 0.462 e. The van der Waals surface area contributed by atoms with E-state index in [-0.39, 0.29) is 5.97 Å². The molecule has 0 spiro atoms. The highest BCUT2D eigenvalue weighted by Crippen LogP contribution is 2.18. The second-order valence-electron chi connectivity index (χ2n) is 2.97. The van der Waals surface area contributed by atoms with Gasteiger partial charge in [-0.25, -0.2) is 4.79 Å². The van der Waals surface area contributed by atoms with Gasteiger partial charge in [0.2, 0.25) is 0 Å². The molecular weight excluding hydrogens is 324 g/mol. The summed E-state index contributed by atoms with van der Waals surface area (Å²) in [6.07, 6.45) is 0. The van der Waals surface area contributed by atoms with E-state index in [1.807, 2.05) is 12.1 Å². The van der Waals surface area contributed by atoms with Crippen LogP contribution >= 0.6 is 31.9 Å². The van der Waals surface area contributed by atoms with Crippen LogP contribution in [0, 0.1) is 0 Å². The van der Waals surface area contributed by atoms with Gasteiger partial charge in [0.25, 0.3) is 0 Å². The maximum absolute atomic E-state index is 11.5. The van der Waals surface area contributed by atoms with Gasteiger partial charge in [0.1, 0.15) is 0 Å². The van der Waals surface area contributed by atoms with Gasteiger partial charge in [-0.2, -0.15) is 0 Å². The minimum atomic E-state index is -0.263. The number of ether oxygens (including phenoxy) is 1. The smallest absolute Gasteiger partial charge is 0.338 e. The van der Waals surface area contributed by atoms with Crippen LogP contribution in [-0.2, 0) is 15.4 Å². The van der Waals surface area contributed by atoms with E-state index in [1.54, 1.807) is 13.0 Å². The van der Waals surface area contributed by atoms with E-state index in [0.29, 0.717) is 12.2 Å². The molecule has 15 heavy (non-hydrogen) atoms. The highest BCUT2D eigenvalue weighted by molar-refractivity contribution is 9.09. The molecule has 0 heterocycles. The van der Waals surface area contributed by atoms with Gasteiger partial charge in [0, 0.05) is 10.7 Å². The molecule has 82 valence electrons. The summed E-state index contributed by atoms with van der Waals surface area (Å²) in [5.74, 6) is -0.263. The van der Waals surface area contributed by atoms with Crippen molar-refractivity contribution in [2.75, 3.05) is 6.61 Å². The SMILES string of the molecule is CCOC(=O)c1ccc(CBr)c(CBr)c1. The van der Waals surface area contributed by atoms with Crippen LogP contribution in [0.15, 0.2) is 18.2 Å². The topological polar surface area (TPSA) is 26.3 Å². The number of hydrogen-bond acceptors (Lipinski definition) is 2. The summed E-state index contributed by atoms with van der Waals surface area (Å²) in [6, 6.07) is 5.60. The zero-order valence-electron chi connectivity index (χ0n) is 8.43. The van der Waals surface area contributed by atoms with Gasteiger partial charge in [0.05, 0.1) is 12.2 Å². The summed E-state index contributed by atoms with van der Waals surface area (Å²) in [6.45, 7) is 2.21. The number of benzene rings is 1. The average molecular weight is 336 g/mol. The van der Waals surface area contributed by atoms with E-state index >= 15 is 0 Å². The highest BCUT2D eigenvalue weighted by Gasteiger charge is 2.09. The number of carbonyl (C=O) groups excluding carboxylic acids is 1. The lowest BCUT2D eigenvalue weighted by atomic mass is 10.1. The van der Waals surface area contributed by atoms with Gasteiger partial charge in [0.15, 0.2) is 0 Å². The molecule has 0 radical (unpaired) electrons. The molecule has 0 unspecified atom stereocenters. The van der Waals surface area contributed by atoms with Crippen molar-refractivity contribution in [3.8, 4) is 0 Å². The zero-order valence-corrected chi connectivity index (χ0v) is 11.6. The van der Waals surface area contributed by atoms with Gasteiger partial charge in [-0.05, 0) is 30.2 Å². The fourth-order valence-corrected chi connectivity index (χ4v) is 2.29. The lowest BCUT2D eigenvalue weighted by Gasteiger charge is -2.07. The number of carbonyl (C=O) groups is 1. The highest BCUT2D eigenvalue weighted by atomic mass is 79.9. The van der Waals surface area contributed by atoms with Crippen molar-refractivity contribution in [3.05, 3.63) is 34.9 Å². The Balaban J connectivity index is 2.97. The molecule has 0 aliphatic heterocycles. The third-order valence-electron chi connectivity index (χ3n) is 2.01. The van der Waals surface area contributed by atoms with Crippen LogP contribution in [0.3, 0.4) is 0 Å². The standard InChI is InChI=1S/C11H12Br2O2/c1-2-15-11(14)8-3-4-9(6-12)10(5-8)7-13/h3-5H,2,6-7H2,1H3. The van der Waals surface area contributed by atoms with Crippen molar-refractivity contribution in [2.24, 2.45) is 0 Å². The van der Waals surface area contributed by atoms with Crippen LogP contribution in [0.25, 0.3) is 0 Å². The maximum atomic E-state index is 11.5. The number of halogens is 2. The fourth-order valence-electron chi connectivity index (χ4n) is 1.22. The van der Waals surface area contributed by atoms with Crippen LogP contribution in [0.4, 0.5) is 0 Å². The van der Waals surface area contributed by atoms with E-state index in [4.69, 9.17) is 4.74 Å². The number of alkyl halides is 2. The van der Waals surface area contributed by atoms with Crippen molar-refractivity contribution in [1.29, 1.82) is 0 Å². The van der Waals surface area contributed by atoms with E-state index in [9.17, 15) is 4.79 Å². The quantitative estimate of drug-likeness (QED) is 0.620. The average Bonchev–Trinajstić information content (AvgIpc) is 2.28. The minimum Gasteiger partial charge on any atom is -0.462 e. The molecule has 0 N–H and O–H groups in total. The first-order chi connectivity index (χ1) is 7.22. The first-order valence-corrected chi connectivity index (χ1v) is 6.88. The first kappa shape index (κ1) is 12.7. The van der Waals surface area contributed by atoms with Gasteiger partial charge < -0.3 is 4.74 Å². The van der Waals surface area contributed by atoms with Crippen LogP contribution in [0.1, 0.15) is 28.4 Å². The summed E-state index contributed by atoms with van der Waals surface area (Å²) in [7, 11) is 0. The Morgan fingerprint density at radius 2 is 1.93 bits per heavy atom. The summed E-state index contributed by atoms with van der Waals surface area (Å²) < 4.78 is 4.93. The Hall–Kier alpha value is -0.350. The molecule has 0 fully saturated rings. The number of esters is 1. The lowest BCUT2D eigenvalue weighted by molar-refractivity contribution is 0.0526. The van der Waals surface area contributed by atoms with Crippen molar-refractivity contribution in [2.45, 2.75) is 17.6 Å². The Kier molecular flexibility index (Phi) is 5.32. The Bertz CT molecular complexity index is 350. The van der Waals surface area contributed by atoms with Gasteiger partial charge in [-0.15, -0.1) is 0 Å². The van der Waals surface area contributed by atoms with Gasteiger partial charge >= 0.3 is 5.97 Å². The number of hydrogen-bond donors (Lipinski definition) is 0. The van der Waals surface area contributed by atoms with Crippen molar-refractivity contribution >= 4 is 37.8 Å². The van der Waals surface area contributed by atoms with Crippen LogP contribution in [0.5, 0.6) is 0 Å². The molecule has 0 aliphatic rings. The number of rotatable bonds is 4. The van der Waals surface area contributed by atoms with E-state index in [2.05, 4.69) is 31.9 Å².